The summed E-state index contributed by atoms with van der Waals surface area (Å²) >= 11 is 0. The van der Waals surface area contributed by atoms with E-state index in [1.54, 1.807) is 21.3 Å². The van der Waals surface area contributed by atoms with Crippen molar-refractivity contribution in [2.24, 2.45) is 4.99 Å². The van der Waals surface area contributed by atoms with Crippen LogP contribution in [0.5, 0.6) is 11.5 Å². The van der Waals surface area contributed by atoms with Crippen molar-refractivity contribution in [1.82, 2.24) is 10.6 Å². The lowest BCUT2D eigenvalue weighted by Gasteiger charge is -2.16. The number of ether oxygens (including phenoxy) is 2. The molecule has 0 aliphatic carbocycles. The highest BCUT2D eigenvalue weighted by molar-refractivity contribution is 14.0. The summed E-state index contributed by atoms with van der Waals surface area (Å²) in [5.74, 6) is 2.31. The summed E-state index contributed by atoms with van der Waals surface area (Å²) in [6.45, 7) is 7.61. The first kappa shape index (κ1) is 23.6. The number of aliphatic imine (C=N–C) groups is 1. The maximum Gasteiger partial charge on any atom is 0.191 e. The van der Waals surface area contributed by atoms with Gasteiger partial charge >= 0.3 is 0 Å². The van der Waals surface area contributed by atoms with Crippen molar-refractivity contribution in [3.8, 4) is 11.5 Å². The second-order valence-electron chi connectivity index (χ2n) is 5.54. The van der Waals surface area contributed by atoms with Crippen LogP contribution in [0, 0.1) is 0 Å². The quantitative estimate of drug-likeness (QED) is 0.183. The smallest absolute Gasteiger partial charge is 0.191 e. The molecule has 0 saturated carbocycles. The summed E-state index contributed by atoms with van der Waals surface area (Å²) < 4.78 is 10.9. The second kappa shape index (κ2) is 13.8. The molecule has 0 saturated heterocycles. The molecule has 0 fully saturated rings. The van der Waals surface area contributed by atoms with Crippen LogP contribution < -0.4 is 20.1 Å². The Hall–Kier alpha value is -1.44. The molecule has 0 unspecified atom stereocenters. The molecule has 6 heteroatoms. The lowest BCUT2D eigenvalue weighted by Crippen LogP contribution is -2.37. The first-order valence-electron chi connectivity index (χ1n) is 8.49. The van der Waals surface area contributed by atoms with Crippen LogP contribution in [0.1, 0.15) is 37.3 Å². The molecule has 1 aromatic carbocycles. The highest BCUT2D eigenvalue weighted by Crippen LogP contribution is 2.33. The standard InChI is InChI=1S/C19H31N3O2.HI/c1-6-8-9-11-21-19(20-3)22-14-15-12-16(10-7-2)18(24-5)17(13-15)23-4;/h7,12-13H,2,6,8-11,14H2,1,3-5H3,(H2,20,21,22);1H. The fourth-order valence-electron chi connectivity index (χ4n) is 2.50. The zero-order valence-electron chi connectivity index (χ0n) is 15.9. The van der Waals surface area contributed by atoms with Gasteiger partial charge in [0.15, 0.2) is 17.5 Å². The maximum absolute atomic E-state index is 5.47. The molecule has 0 aliphatic heterocycles. The first-order chi connectivity index (χ1) is 11.7. The Morgan fingerprint density at radius 1 is 1.20 bits per heavy atom. The summed E-state index contributed by atoms with van der Waals surface area (Å²) in [7, 11) is 5.10. The third kappa shape index (κ3) is 7.98. The number of rotatable bonds is 10. The van der Waals surface area contributed by atoms with Gasteiger partial charge in [0.25, 0.3) is 0 Å². The Balaban J connectivity index is 0.00000576. The van der Waals surface area contributed by atoms with Crippen molar-refractivity contribution in [3.05, 3.63) is 35.9 Å². The van der Waals surface area contributed by atoms with Crippen LogP contribution in [-0.2, 0) is 13.0 Å². The Bertz CT molecular complexity index is 548. The van der Waals surface area contributed by atoms with Gasteiger partial charge in [-0.3, -0.25) is 4.99 Å². The first-order valence-corrected chi connectivity index (χ1v) is 8.49. The van der Waals surface area contributed by atoms with E-state index in [-0.39, 0.29) is 24.0 Å². The predicted molar refractivity (Wildman–Crippen MR) is 117 cm³/mol. The second-order valence-corrected chi connectivity index (χ2v) is 5.54. The van der Waals surface area contributed by atoms with Gasteiger partial charge in [-0.2, -0.15) is 0 Å². The van der Waals surface area contributed by atoms with Gasteiger partial charge in [-0.1, -0.05) is 25.8 Å². The summed E-state index contributed by atoms with van der Waals surface area (Å²) in [5.41, 5.74) is 2.18. The SMILES string of the molecule is C=CCc1cc(CNC(=NC)NCCCCC)cc(OC)c1OC.I. The maximum atomic E-state index is 5.47. The van der Waals surface area contributed by atoms with Crippen LogP contribution in [0.25, 0.3) is 0 Å². The molecular formula is C19H32IN3O2. The van der Waals surface area contributed by atoms with Crippen molar-refractivity contribution in [2.45, 2.75) is 39.2 Å². The van der Waals surface area contributed by atoms with Crippen LogP contribution >= 0.6 is 24.0 Å². The molecule has 5 nitrogen and oxygen atoms in total. The van der Waals surface area contributed by atoms with Gasteiger partial charge < -0.3 is 20.1 Å². The number of hydrogen-bond acceptors (Lipinski definition) is 3. The molecule has 0 aliphatic rings. The van der Waals surface area contributed by atoms with Crippen molar-refractivity contribution < 1.29 is 9.47 Å². The van der Waals surface area contributed by atoms with Crippen molar-refractivity contribution >= 4 is 29.9 Å². The highest BCUT2D eigenvalue weighted by atomic mass is 127. The number of allylic oxidation sites excluding steroid dienone is 1. The van der Waals surface area contributed by atoms with E-state index in [4.69, 9.17) is 9.47 Å². The van der Waals surface area contributed by atoms with E-state index in [1.165, 1.54) is 12.8 Å². The Kier molecular flexibility index (Phi) is 13.0. The van der Waals surface area contributed by atoms with E-state index in [0.717, 1.165) is 48.0 Å². The van der Waals surface area contributed by atoms with E-state index >= 15 is 0 Å². The molecule has 0 radical (unpaired) electrons. The van der Waals surface area contributed by atoms with E-state index in [1.807, 2.05) is 12.1 Å². The van der Waals surface area contributed by atoms with E-state index in [2.05, 4.69) is 35.2 Å². The zero-order valence-corrected chi connectivity index (χ0v) is 18.2. The number of unbranched alkanes of at least 4 members (excludes halogenated alkanes) is 2. The number of hydrogen-bond donors (Lipinski definition) is 2. The van der Waals surface area contributed by atoms with Crippen LogP contribution in [-0.4, -0.2) is 33.8 Å². The van der Waals surface area contributed by atoms with Gasteiger partial charge in [0.1, 0.15) is 0 Å². The van der Waals surface area contributed by atoms with Gasteiger partial charge in [-0.05, 0) is 30.5 Å². The zero-order chi connectivity index (χ0) is 17.8. The van der Waals surface area contributed by atoms with Crippen molar-refractivity contribution in [1.29, 1.82) is 0 Å². The summed E-state index contributed by atoms with van der Waals surface area (Å²) in [4.78, 5) is 4.26. The molecule has 25 heavy (non-hydrogen) atoms. The van der Waals surface area contributed by atoms with Crippen LogP contribution in [0.4, 0.5) is 0 Å². The molecule has 0 amide bonds. The van der Waals surface area contributed by atoms with Gasteiger partial charge in [0.2, 0.25) is 0 Å². The number of nitrogens with one attached hydrogen (secondary N) is 2. The molecule has 1 aromatic rings. The lowest BCUT2D eigenvalue weighted by atomic mass is 10.1. The fourth-order valence-corrected chi connectivity index (χ4v) is 2.50. The number of halogens is 1. The number of guanidine groups is 1. The fraction of sp³-hybridized carbons (Fsp3) is 0.526. The molecule has 0 aromatic heterocycles. The largest absolute Gasteiger partial charge is 0.493 e. The van der Waals surface area contributed by atoms with Gasteiger partial charge in [-0.15, -0.1) is 30.6 Å². The highest BCUT2D eigenvalue weighted by Gasteiger charge is 2.11. The van der Waals surface area contributed by atoms with E-state index < -0.39 is 0 Å². The number of nitrogens with zero attached hydrogens (tertiary/aromatic N) is 1. The van der Waals surface area contributed by atoms with Gasteiger partial charge in [0, 0.05) is 25.7 Å². The summed E-state index contributed by atoms with van der Waals surface area (Å²) in [5, 5.41) is 6.67. The average molecular weight is 461 g/mol. The van der Waals surface area contributed by atoms with Gasteiger partial charge in [-0.25, -0.2) is 0 Å². The Morgan fingerprint density at radius 2 is 1.96 bits per heavy atom. The third-order valence-electron chi connectivity index (χ3n) is 3.74. The number of benzene rings is 1. The molecule has 142 valence electrons. The van der Waals surface area contributed by atoms with Crippen molar-refractivity contribution in [3.63, 3.8) is 0 Å². The summed E-state index contributed by atoms with van der Waals surface area (Å²) in [6.07, 6.45) is 6.19. The number of methoxy groups -OCH3 is 2. The molecule has 2 N–H and O–H groups in total. The van der Waals surface area contributed by atoms with Crippen LogP contribution in [0.2, 0.25) is 0 Å². The third-order valence-corrected chi connectivity index (χ3v) is 3.74. The summed E-state index contributed by atoms with van der Waals surface area (Å²) in [6, 6.07) is 4.10. The van der Waals surface area contributed by atoms with E-state index in [0.29, 0.717) is 6.54 Å². The molecule has 1 rings (SSSR count). The minimum atomic E-state index is 0. The Labute approximate surface area is 169 Å². The average Bonchev–Trinajstić information content (AvgIpc) is 2.61. The predicted octanol–water partition coefficient (Wildman–Crippen LogP) is 3.91. The normalized spacial score (nSPS) is 10.6. The molecule has 0 atom stereocenters. The topological polar surface area (TPSA) is 54.9 Å². The van der Waals surface area contributed by atoms with E-state index in [9.17, 15) is 0 Å². The van der Waals surface area contributed by atoms with Gasteiger partial charge in [0.05, 0.1) is 14.2 Å². The van der Waals surface area contributed by atoms with Crippen LogP contribution in [0.3, 0.4) is 0 Å². The molecule has 0 bridgehead atoms. The van der Waals surface area contributed by atoms with Crippen molar-refractivity contribution in [2.75, 3.05) is 27.8 Å². The molecule has 0 spiro atoms. The minimum Gasteiger partial charge on any atom is -0.493 e. The lowest BCUT2D eigenvalue weighted by molar-refractivity contribution is 0.352. The minimum absolute atomic E-state index is 0. The van der Waals surface area contributed by atoms with Crippen LogP contribution in [0.15, 0.2) is 29.8 Å². The monoisotopic (exact) mass is 461 g/mol. The molecule has 0 heterocycles. The Morgan fingerprint density at radius 3 is 2.52 bits per heavy atom. The molecular weight excluding hydrogens is 429 g/mol.